The summed E-state index contributed by atoms with van der Waals surface area (Å²) < 4.78 is 5.24. The molecule has 1 unspecified atom stereocenters. The zero-order valence-electron chi connectivity index (χ0n) is 11.3. The zero-order chi connectivity index (χ0) is 13.8. The Morgan fingerprint density at radius 1 is 1.21 bits per heavy atom. The van der Waals surface area contributed by atoms with Gasteiger partial charge >= 0.3 is 0 Å². The minimum Gasteiger partial charge on any atom is -0.497 e. The maximum atomic E-state index is 5.71. The molecule has 0 aliphatic heterocycles. The fourth-order valence-corrected chi connectivity index (χ4v) is 2.05. The van der Waals surface area contributed by atoms with Crippen LogP contribution >= 0.6 is 0 Å². The van der Waals surface area contributed by atoms with E-state index in [9.17, 15) is 0 Å². The van der Waals surface area contributed by atoms with Gasteiger partial charge in [-0.2, -0.15) is 10.2 Å². The summed E-state index contributed by atoms with van der Waals surface area (Å²) >= 11 is 0. The van der Waals surface area contributed by atoms with E-state index >= 15 is 0 Å². The number of nitrogens with two attached hydrogens (primary N) is 1. The lowest BCUT2D eigenvalue weighted by molar-refractivity contribution is 0.413. The van der Waals surface area contributed by atoms with Crippen LogP contribution in [0.5, 0.6) is 5.75 Å². The molecule has 1 atom stereocenters. The van der Waals surface area contributed by atoms with Crippen LogP contribution in [0, 0.1) is 13.8 Å². The van der Waals surface area contributed by atoms with Gasteiger partial charge in [0.2, 0.25) is 0 Å². The molecule has 1 aromatic heterocycles. The topological polar surface area (TPSA) is 73.1 Å². The lowest BCUT2D eigenvalue weighted by atomic mass is 9.98. The summed E-state index contributed by atoms with van der Waals surface area (Å²) in [5.74, 6) is 6.51. The third-order valence-corrected chi connectivity index (χ3v) is 3.04. The van der Waals surface area contributed by atoms with Gasteiger partial charge in [0.25, 0.3) is 0 Å². The van der Waals surface area contributed by atoms with E-state index in [0.717, 1.165) is 28.3 Å². The van der Waals surface area contributed by atoms with E-state index in [4.69, 9.17) is 10.6 Å². The Labute approximate surface area is 112 Å². The van der Waals surface area contributed by atoms with Crippen LogP contribution in [0.2, 0.25) is 0 Å². The highest BCUT2D eigenvalue weighted by Gasteiger charge is 2.16. The maximum Gasteiger partial charge on any atom is 0.119 e. The van der Waals surface area contributed by atoms with E-state index < -0.39 is 0 Å². The maximum absolute atomic E-state index is 5.71. The summed E-state index contributed by atoms with van der Waals surface area (Å²) in [5.41, 5.74) is 6.60. The predicted molar refractivity (Wildman–Crippen MR) is 73.7 cm³/mol. The molecule has 0 spiro atoms. The number of rotatable bonds is 4. The van der Waals surface area contributed by atoms with Crippen molar-refractivity contribution >= 4 is 0 Å². The first kappa shape index (κ1) is 13.5. The molecular formula is C14H18N4O. The minimum atomic E-state index is -0.135. The average Bonchev–Trinajstić information content (AvgIpc) is 2.44. The van der Waals surface area contributed by atoms with Gasteiger partial charge in [0.1, 0.15) is 5.75 Å². The number of benzene rings is 1. The number of methoxy groups -OCH3 is 1. The van der Waals surface area contributed by atoms with Crippen molar-refractivity contribution in [1.29, 1.82) is 0 Å². The summed E-state index contributed by atoms with van der Waals surface area (Å²) in [4.78, 5) is 0. The number of aryl methyl sites for hydroxylation is 2. The third kappa shape index (κ3) is 2.89. The first-order chi connectivity index (χ1) is 9.15. The van der Waals surface area contributed by atoms with Crippen LogP contribution in [0.3, 0.4) is 0 Å². The van der Waals surface area contributed by atoms with Crippen LogP contribution in [0.25, 0.3) is 0 Å². The molecule has 0 amide bonds. The average molecular weight is 258 g/mol. The molecule has 19 heavy (non-hydrogen) atoms. The van der Waals surface area contributed by atoms with Gasteiger partial charge in [-0.05, 0) is 43.2 Å². The fraction of sp³-hybridized carbons (Fsp3) is 0.286. The van der Waals surface area contributed by atoms with E-state index in [1.807, 2.05) is 44.2 Å². The van der Waals surface area contributed by atoms with E-state index in [2.05, 4.69) is 15.6 Å². The molecule has 5 heteroatoms. The molecule has 0 aliphatic rings. The number of nitrogens with zero attached hydrogens (tertiary/aromatic N) is 2. The van der Waals surface area contributed by atoms with Crippen LogP contribution in [0.4, 0.5) is 0 Å². The molecule has 2 rings (SSSR count). The third-order valence-electron chi connectivity index (χ3n) is 3.04. The Morgan fingerprint density at radius 2 is 2.00 bits per heavy atom. The van der Waals surface area contributed by atoms with Crippen molar-refractivity contribution in [3.63, 3.8) is 0 Å². The second kappa shape index (κ2) is 5.77. The molecule has 1 aromatic carbocycles. The number of hydrazine groups is 1. The van der Waals surface area contributed by atoms with Crippen LogP contribution in [0.15, 0.2) is 30.3 Å². The first-order valence-electron chi connectivity index (χ1n) is 6.06. The molecular weight excluding hydrogens is 240 g/mol. The quantitative estimate of drug-likeness (QED) is 0.644. The standard InChI is InChI=1S/C14H18N4O/c1-9-7-13(10(2)18-17-9)14(16-15)11-5-4-6-12(8-11)19-3/h4-8,14,16H,15H2,1-3H3. The number of nitrogens with one attached hydrogen (secondary N) is 1. The molecule has 2 aromatic rings. The summed E-state index contributed by atoms with van der Waals surface area (Å²) in [6, 6.07) is 9.66. The Hall–Kier alpha value is -1.98. The van der Waals surface area contributed by atoms with Gasteiger partial charge in [-0.25, -0.2) is 5.43 Å². The Balaban J connectivity index is 2.46. The highest BCUT2D eigenvalue weighted by Crippen LogP contribution is 2.26. The first-order valence-corrected chi connectivity index (χ1v) is 6.06. The molecule has 0 fully saturated rings. The zero-order valence-corrected chi connectivity index (χ0v) is 11.3. The summed E-state index contributed by atoms with van der Waals surface area (Å²) in [6.07, 6.45) is 0. The van der Waals surface area contributed by atoms with Crippen molar-refractivity contribution in [2.45, 2.75) is 19.9 Å². The molecule has 0 bridgehead atoms. The van der Waals surface area contributed by atoms with E-state index in [1.165, 1.54) is 0 Å². The summed E-state index contributed by atoms with van der Waals surface area (Å²) in [6.45, 7) is 3.83. The monoisotopic (exact) mass is 258 g/mol. The Morgan fingerprint density at radius 3 is 2.68 bits per heavy atom. The minimum absolute atomic E-state index is 0.135. The van der Waals surface area contributed by atoms with Gasteiger partial charge in [-0.15, -0.1) is 0 Å². The van der Waals surface area contributed by atoms with Crippen molar-refractivity contribution in [3.05, 3.63) is 52.8 Å². The number of hydrogen-bond donors (Lipinski definition) is 2. The van der Waals surface area contributed by atoms with Crippen LogP contribution in [0.1, 0.15) is 28.6 Å². The lowest BCUT2D eigenvalue weighted by Crippen LogP contribution is -2.29. The molecule has 0 radical (unpaired) electrons. The molecule has 1 heterocycles. The van der Waals surface area contributed by atoms with Crippen molar-refractivity contribution in [2.24, 2.45) is 5.84 Å². The van der Waals surface area contributed by atoms with Crippen molar-refractivity contribution < 1.29 is 4.74 Å². The molecule has 100 valence electrons. The van der Waals surface area contributed by atoms with Crippen molar-refractivity contribution in [1.82, 2.24) is 15.6 Å². The van der Waals surface area contributed by atoms with Gasteiger partial charge < -0.3 is 4.74 Å². The predicted octanol–water partition coefficient (Wildman–Crippen LogP) is 1.65. The van der Waals surface area contributed by atoms with Crippen molar-refractivity contribution in [3.8, 4) is 5.75 Å². The van der Waals surface area contributed by atoms with Gasteiger partial charge in [-0.1, -0.05) is 12.1 Å². The van der Waals surface area contributed by atoms with Crippen LogP contribution in [-0.4, -0.2) is 17.3 Å². The van der Waals surface area contributed by atoms with E-state index in [-0.39, 0.29) is 6.04 Å². The second-order valence-electron chi connectivity index (χ2n) is 4.40. The lowest BCUT2D eigenvalue weighted by Gasteiger charge is -2.19. The highest BCUT2D eigenvalue weighted by atomic mass is 16.5. The van der Waals surface area contributed by atoms with E-state index in [0.29, 0.717) is 0 Å². The summed E-state index contributed by atoms with van der Waals surface area (Å²) in [5, 5.41) is 8.18. The molecule has 0 saturated carbocycles. The van der Waals surface area contributed by atoms with Gasteiger partial charge in [-0.3, -0.25) is 5.84 Å². The molecule has 0 aliphatic carbocycles. The number of hydrogen-bond acceptors (Lipinski definition) is 5. The van der Waals surface area contributed by atoms with Gasteiger partial charge in [0, 0.05) is 0 Å². The largest absolute Gasteiger partial charge is 0.497 e. The van der Waals surface area contributed by atoms with Gasteiger partial charge in [0.15, 0.2) is 0 Å². The number of aromatic nitrogens is 2. The Bertz CT molecular complexity index is 571. The van der Waals surface area contributed by atoms with E-state index in [1.54, 1.807) is 7.11 Å². The molecule has 3 N–H and O–H groups in total. The fourth-order valence-electron chi connectivity index (χ4n) is 2.05. The van der Waals surface area contributed by atoms with Gasteiger partial charge in [0.05, 0.1) is 24.5 Å². The molecule has 0 saturated heterocycles. The number of ether oxygens (including phenoxy) is 1. The molecule has 5 nitrogen and oxygen atoms in total. The smallest absolute Gasteiger partial charge is 0.119 e. The second-order valence-corrected chi connectivity index (χ2v) is 4.40. The SMILES string of the molecule is COc1cccc(C(NN)c2cc(C)nnc2C)c1. The Kier molecular flexibility index (Phi) is 4.09. The summed E-state index contributed by atoms with van der Waals surface area (Å²) in [7, 11) is 1.65. The van der Waals surface area contributed by atoms with Crippen LogP contribution in [-0.2, 0) is 0 Å². The van der Waals surface area contributed by atoms with Crippen molar-refractivity contribution in [2.75, 3.05) is 7.11 Å². The van der Waals surface area contributed by atoms with Crippen LogP contribution < -0.4 is 16.0 Å². The highest BCUT2D eigenvalue weighted by molar-refractivity contribution is 5.38. The normalized spacial score (nSPS) is 12.2.